The van der Waals surface area contributed by atoms with Crippen molar-refractivity contribution in [1.82, 2.24) is 0 Å². The van der Waals surface area contributed by atoms with E-state index in [1.807, 2.05) is 0 Å². The molecule has 0 aliphatic carbocycles. The molecule has 9 heavy (non-hydrogen) atoms. The third-order valence-electron chi connectivity index (χ3n) is 0.185. The van der Waals surface area contributed by atoms with Gasteiger partial charge in [-0.05, 0) is 0 Å². The zero-order valence-corrected chi connectivity index (χ0v) is 9.06. The first-order valence-corrected chi connectivity index (χ1v) is 9.49. The Morgan fingerprint density at radius 3 is 1.44 bits per heavy atom. The number of hydrogen-bond donors (Lipinski definition) is 0. The SMILES string of the molecule is F[Te](F)(F)N=P(Cl)(Cl)Cl. The third-order valence-corrected chi connectivity index (χ3v) is 7.45. The second-order valence-corrected chi connectivity index (χ2v) is 11.4. The average molecular weight is 336 g/mol. The van der Waals surface area contributed by atoms with Crippen molar-refractivity contribution in [2.24, 2.45) is 3.00 Å². The zero-order valence-electron chi connectivity index (χ0n) is 3.57. The van der Waals surface area contributed by atoms with Gasteiger partial charge in [-0.2, -0.15) is 0 Å². The van der Waals surface area contributed by atoms with Crippen molar-refractivity contribution < 1.29 is 8.68 Å². The van der Waals surface area contributed by atoms with Crippen molar-refractivity contribution in [2.45, 2.75) is 0 Å². The molecule has 0 fully saturated rings. The molecule has 0 aromatic heterocycles. The molecule has 9 heteroatoms. The van der Waals surface area contributed by atoms with Gasteiger partial charge in [0.15, 0.2) is 0 Å². The Hall–Kier alpha value is 1.68. The van der Waals surface area contributed by atoms with Crippen molar-refractivity contribution in [3.05, 3.63) is 0 Å². The van der Waals surface area contributed by atoms with E-state index in [0.29, 0.717) is 0 Å². The van der Waals surface area contributed by atoms with E-state index in [4.69, 9.17) is 33.7 Å². The standard InChI is InChI=1S/Cl3F3NPTe/c1-8(2,3)7-9(4,5)6. The number of hydrogen-bond acceptors (Lipinski definition) is 1. The Kier molecular flexibility index (Phi) is 4.02. The Morgan fingerprint density at radius 2 is 1.44 bits per heavy atom. The van der Waals surface area contributed by atoms with E-state index in [0.717, 1.165) is 0 Å². The van der Waals surface area contributed by atoms with E-state index < -0.39 is 25.3 Å². The molecule has 1 nitrogen and oxygen atoms in total. The first-order valence-electron chi connectivity index (χ1n) is 1.35. The average Bonchev–Trinajstić information content (AvgIpc) is 1.14. The van der Waals surface area contributed by atoms with Crippen LogP contribution in [0.5, 0.6) is 0 Å². The van der Waals surface area contributed by atoms with Gasteiger partial charge in [-0.1, -0.05) is 0 Å². The summed E-state index contributed by atoms with van der Waals surface area (Å²) < 4.78 is 36.2. The summed E-state index contributed by atoms with van der Waals surface area (Å²) in [5.41, 5.74) is 0. The molecule has 0 rings (SSSR count). The van der Waals surface area contributed by atoms with Gasteiger partial charge in [-0.3, -0.25) is 0 Å². The van der Waals surface area contributed by atoms with Crippen molar-refractivity contribution in [2.75, 3.05) is 0 Å². The van der Waals surface area contributed by atoms with Gasteiger partial charge in [0.1, 0.15) is 0 Å². The van der Waals surface area contributed by atoms with Crippen LogP contribution in [-0.2, 0) is 0 Å². The molecule has 0 aromatic rings. The summed E-state index contributed by atoms with van der Waals surface area (Å²) in [6.45, 7) is 0. The second kappa shape index (κ2) is 3.38. The summed E-state index contributed by atoms with van der Waals surface area (Å²) in [7, 11) is 0. The molecule has 0 radical (unpaired) electrons. The molecule has 0 saturated heterocycles. The van der Waals surface area contributed by atoms with Gasteiger partial charge in [0.25, 0.3) is 0 Å². The first-order chi connectivity index (χ1) is 3.71. The molecule has 58 valence electrons. The van der Waals surface area contributed by atoms with Crippen molar-refractivity contribution >= 4 is 59.0 Å². The van der Waals surface area contributed by atoms with Crippen LogP contribution >= 0.6 is 38.8 Å². The summed E-state index contributed by atoms with van der Waals surface area (Å²) in [5.74, 6) is 0. The molecule has 0 saturated carbocycles. The predicted octanol–water partition coefficient (Wildman–Crippen LogP) is 3.99. The van der Waals surface area contributed by atoms with Crippen LogP contribution < -0.4 is 0 Å². The summed E-state index contributed by atoms with van der Waals surface area (Å²) in [6, 6.07) is 0. The van der Waals surface area contributed by atoms with Gasteiger partial charge in [0, 0.05) is 0 Å². The van der Waals surface area contributed by atoms with Gasteiger partial charge >= 0.3 is 70.7 Å². The molecule has 0 aliphatic heterocycles. The Bertz CT molecular complexity index is 137. The van der Waals surface area contributed by atoms with E-state index in [-0.39, 0.29) is 0 Å². The fourth-order valence-corrected chi connectivity index (χ4v) is 6.34. The monoisotopic (exact) mass is 337 g/mol. The van der Waals surface area contributed by atoms with Gasteiger partial charge in [0.05, 0.1) is 0 Å². The fourth-order valence-electron chi connectivity index (χ4n) is 0.105. The van der Waals surface area contributed by atoms with Crippen molar-refractivity contribution in [3.63, 3.8) is 0 Å². The van der Waals surface area contributed by atoms with Gasteiger partial charge in [0.2, 0.25) is 0 Å². The molecule has 0 unspecified atom stereocenters. The number of nitrogens with zero attached hydrogens (tertiary/aromatic N) is 1. The molecular weight excluding hydrogens is 336 g/mol. The molecule has 0 heterocycles. The summed E-state index contributed by atoms with van der Waals surface area (Å²) in [5, 5.41) is -3.54. The van der Waals surface area contributed by atoms with E-state index >= 15 is 0 Å². The molecule has 0 aromatic carbocycles. The van der Waals surface area contributed by atoms with E-state index in [2.05, 4.69) is 3.00 Å². The van der Waals surface area contributed by atoms with Crippen molar-refractivity contribution in [3.8, 4) is 0 Å². The zero-order chi connectivity index (χ0) is 7.71. The summed E-state index contributed by atoms with van der Waals surface area (Å²) in [6.07, 6.45) is 0. The maximum absolute atomic E-state index is 11.3. The molecule has 0 bridgehead atoms. The molecule has 0 amide bonds. The Balaban J connectivity index is 4.32. The third kappa shape index (κ3) is 9.68. The van der Waals surface area contributed by atoms with Crippen LogP contribution in [0.2, 0.25) is 0 Å². The second-order valence-electron chi connectivity index (χ2n) is 0.882. The predicted molar refractivity (Wildman–Crippen MR) is 36.0 cm³/mol. The van der Waals surface area contributed by atoms with Crippen LogP contribution in [-0.4, -0.2) is 20.2 Å². The Morgan fingerprint density at radius 1 is 1.11 bits per heavy atom. The minimum atomic E-state index is -6.48. The first kappa shape index (κ1) is 10.7. The fraction of sp³-hybridized carbons (Fsp3) is 0. The maximum atomic E-state index is 11.3. The van der Waals surface area contributed by atoms with Crippen LogP contribution in [0.25, 0.3) is 0 Å². The molecule has 0 aliphatic rings. The van der Waals surface area contributed by atoms with Gasteiger partial charge < -0.3 is 0 Å². The summed E-state index contributed by atoms with van der Waals surface area (Å²) in [4.78, 5) is 0. The minimum absolute atomic E-state index is 2.14. The van der Waals surface area contributed by atoms with E-state index in [1.54, 1.807) is 0 Å². The number of rotatable bonds is 1. The molecule has 0 atom stereocenters. The van der Waals surface area contributed by atoms with Gasteiger partial charge in [-0.25, -0.2) is 0 Å². The van der Waals surface area contributed by atoms with Crippen LogP contribution in [0, 0.1) is 0 Å². The van der Waals surface area contributed by atoms with Crippen LogP contribution in [0.3, 0.4) is 0 Å². The van der Waals surface area contributed by atoms with E-state index in [9.17, 15) is 8.68 Å². The Labute approximate surface area is 70.4 Å². The molecular formula is Cl3F3NPTe. The molecule has 0 spiro atoms. The normalized spacial score (nSPS) is 15.3. The topological polar surface area (TPSA) is 12.4 Å². The van der Waals surface area contributed by atoms with Crippen molar-refractivity contribution in [1.29, 1.82) is 0 Å². The van der Waals surface area contributed by atoms with Gasteiger partial charge in [-0.15, -0.1) is 0 Å². The quantitative estimate of drug-likeness (QED) is 0.507. The van der Waals surface area contributed by atoms with Crippen LogP contribution in [0.15, 0.2) is 3.00 Å². The van der Waals surface area contributed by atoms with E-state index in [1.165, 1.54) is 0 Å². The molecule has 0 N–H and O–H groups in total. The summed E-state index contributed by atoms with van der Waals surface area (Å²) >= 11 is 7.98. The van der Waals surface area contributed by atoms with Crippen LogP contribution in [0.1, 0.15) is 0 Å². The number of halogens is 6. The van der Waals surface area contributed by atoms with Crippen LogP contribution in [0.4, 0.5) is 8.68 Å².